The Morgan fingerprint density at radius 3 is 2.54 bits per heavy atom. The molecule has 0 spiro atoms. The number of amides is 1. The normalized spacial score (nSPS) is 18.9. The van der Waals surface area contributed by atoms with Gasteiger partial charge < -0.3 is 20.2 Å². The first kappa shape index (κ1) is 26.3. The van der Waals surface area contributed by atoms with Gasteiger partial charge in [0.25, 0.3) is 5.92 Å². The summed E-state index contributed by atoms with van der Waals surface area (Å²) in [6, 6.07) is 12.3. The van der Waals surface area contributed by atoms with Gasteiger partial charge in [-0.05, 0) is 37.6 Å². The van der Waals surface area contributed by atoms with Gasteiger partial charge in [0, 0.05) is 56.2 Å². The number of fused-ring (bicyclic) bond motifs is 1. The Labute approximate surface area is 224 Å². The highest BCUT2D eigenvalue weighted by atomic mass is 19.3. The molecule has 0 radical (unpaired) electrons. The van der Waals surface area contributed by atoms with Gasteiger partial charge >= 0.3 is 5.97 Å². The smallest absolute Gasteiger partial charge is 0.337 e. The number of anilines is 2. The van der Waals surface area contributed by atoms with Crippen LogP contribution in [0.2, 0.25) is 0 Å². The van der Waals surface area contributed by atoms with Crippen LogP contribution in [-0.4, -0.2) is 64.0 Å². The number of nitriles is 1. The van der Waals surface area contributed by atoms with Crippen LogP contribution in [0.25, 0.3) is 11.0 Å². The number of halogens is 2. The molecule has 1 amide bonds. The Morgan fingerprint density at radius 1 is 1.21 bits per heavy atom. The Balaban J connectivity index is 1.41. The number of nitrogens with zero attached hydrogens (tertiary/aromatic N) is 5. The second-order valence-corrected chi connectivity index (χ2v) is 10.2. The topological polar surface area (TPSA) is 122 Å². The summed E-state index contributed by atoms with van der Waals surface area (Å²) in [6.07, 6.45) is -0.376. The number of alkyl halides is 2. The van der Waals surface area contributed by atoms with Crippen LogP contribution in [0.5, 0.6) is 0 Å². The van der Waals surface area contributed by atoms with E-state index in [4.69, 9.17) is 4.98 Å². The van der Waals surface area contributed by atoms with Crippen molar-refractivity contribution in [3.63, 3.8) is 0 Å². The first-order valence-corrected chi connectivity index (χ1v) is 12.8. The zero-order valence-corrected chi connectivity index (χ0v) is 21.6. The average Bonchev–Trinajstić information content (AvgIpc) is 3.52. The number of carboxylic acids is 1. The minimum atomic E-state index is -2.72. The lowest BCUT2D eigenvalue weighted by Gasteiger charge is -2.35. The van der Waals surface area contributed by atoms with Crippen LogP contribution in [0.1, 0.15) is 53.0 Å². The van der Waals surface area contributed by atoms with E-state index in [-0.39, 0.29) is 36.0 Å². The molecule has 2 N–H and O–H groups in total. The quantitative estimate of drug-likeness (QED) is 0.458. The third kappa shape index (κ3) is 5.32. The molecule has 2 aromatic carbocycles. The number of hydrogen-bond donors (Lipinski definition) is 2. The molecule has 11 heteroatoms. The molecule has 9 nitrogen and oxygen atoms in total. The molecular weight excluding hydrogens is 506 g/mol. The molecule has 2 fully saturated rings. The fourth-order valence-corrected chi connectivity index (χ4v) is 5.05. The summed E-state index contributed by atoms with van der Waals surface area (Å²) in [5.74, 6) is -4.50. The first-order valence-electron chi connectivity index (χ1n) is 12.8. The number of aromatic carboxylic acids is 1. The number of hydrogen-bond acceptors (Lipinski definition) is 7. The van der Waals surface area contributed by atoms with E-state index in [1.807, 2.05) is 30.9 Å². The lowest BCUT2D eigenvalue weighted by molar-refractivity contribution is -0.132. The van der Waals surface area contributed by atoms with Crippen LogP contribution in [-0.2, 0) is 4.79 Å². The van der Waals surface area contributed by atoms with E-state index in [0.717, 1.165) is 11.1 Å². The average molecular weight is 535 g/mol. The van der Waals surface area contributed by atoms with Gasteiger partial charge in [0.15, 0.2) is 11.5 Å². The van der Waals surface area contributed by atoms with E-state index in [1.54, 1.807) is 23.1 Å². The van der Waals surface area contributed by atoms with Crippen molar-refractivity contribution in [3.8, 4) is 6.07 Å². The van der Waals surface area contributed by atoms with Crippen LogP contribution >= 0.6 is 0 Å². The Hall–Kier alpha value is -4.33. The van der Waals surface area contributed by atoms with Gasteiger partial charge in [0.1, 0.15) is 6.07 Å². The maximum absolute atomic E-state index is 13.3. The summed E-state index contributed by atoms with van der Waals surface area (Å²) in [4.78, 5) is 37.1. The molecule has 2 atom stereocenters. The van der Waals surface area contributed by atoms with Crippen molar-refractivity contribution in [1.82, 2.24) is 14.9 Å². The number of benzene rings is 2. The Morgan fingerprint density at radius 2 is 1.90 bits per heavy atom. The van der Waals surface area contributed by atoms with Crippen molar-refractivity contribution in [2.45, 2.75) is 38.7 Å². The number of nitrogens with one attached hydrogen (secondary N) is 1. The molecule has 0 bridgehead atoms. The number of para-hydroxylation sites is 1. The highest BCUT2D eigenvalue weighted by Crippen LogP contribution is 2.50. The van der Waals surface area contributed by atoms with Gasteiger partial charge in [-0.25, -0.2) is 23.5 Å². The monoisotopic (exact) mass is 534 g/mol. The summed E-state index contributed by atoms with van der Waals surface area (Å²) in [6.45, 7) is 5.28. The van der Waals surface area contributed by atoms with Crippen LogP contribution < -0.4 is 10.2 Å². The number of carbonyl (C=O) groups is 2. The zero-order valence-electron chi connectivity index (χ0n) is 21.6. The van der Waals surface area contributed by atoms with Gasteiger partial charge in [0.05, 0.1) is 22.6 Å². The fourth-order valence-electron chi connectivity index (χ4n) is 5.05. The highest BCUT2D eigenvalue weighted by Gasteiger charge is 2.57. The third-order valence-corrected chi connectivity index (χ3v) is 7.34. The Bertz CT molecular complexity index is 1500. The molecule has 1 aliphatic heterocycles. The molecule has 0 unspecified atom stereocenters. The molecule has 3 aromatic rings. The molecule has 5 rings (SSSR count). The van der Waals surface area contributed by atoms with Crippen molar-refractivity contribution in [1.29, 1.82) is 5.26 Å². The number of rotatable bonds is 7. The lowest BCUT2D eigenvalue weighted by Crippen LogP contribution is -2.49. The summed E-state index contributed by atoms with van der Waals surface area (Å²) in [5.41, 5.74) is 3.62. The lowest BCUT2D eigenvalue weighted by atomic mass is 10.0. The fraction of sp³-hybridized carbons (Fsp3) is 0.393. The van der Waals surface area contributed by atoms with E-state index in [1.165, 1.54) is 6.07 Å². The molecule has 2 heterocycles. The van der Waals surface area contributed by atoms with E-state index >= 15 is 0 Å². The van der Waals surface area contributed by atoms with Crippen molar-refractivity contribution < 1.29 is 23.5 Å². The van der Waals surface area contributed by atoms with Gasteiger partial charge in [-0.15, -0.1) is 0 Å². The van der Waals surface area contributed by atoms with E-state index in [0.29, 0.717) is 48.7 Å². The molecular formula is C28H28F2N6O3. The second-order valence-electron chi connectivity index (χ2n) is 10.2. The number of aromatic nitrogens is 2. The maximum Gasteiger partial charge on any atom is 0.337 e. The first-order chi connectivity index (χ1) is 18.6. The number of piperazine rings is 1. The molecule has 1 saturated heterocycles. The summed E-state index contributed by atoms with van der Waals surface area (Å²) >= 11 is 0. The maximum atomic E-state index is 13.3. The van der Waals surface area contributed by atoms with Gasteiger partial charge in [0.2, 0.25) is 5.91 Å². The van der Waals surface area contributed by atoms with Crippen molar-refractivity contribution in [3.05, 3.63) is 58.8 Å². The van der Waals surface area contributed by atoms with Gasteiger partial charge in [-0.3, -0.25) is 4.79 Å². The van der Waals surface area contributed by atoms with Crippen LogP contribution in [0.15, 0.2) is 36.4 Å². The second kappa shape index (κ2) is 10.1. The van der Waals surface area contributed by atoms with Crippen LogP contribution in [0.4, 0.5) is 20.3 Å². The zero-order chi connectivity index (χ0) is 27.9. The minimum absolute atomic E-state index is 0.148. The molecule has 1 aromatic heterocycles. The van der Waals surface area contributed by atoms with Gasteiger partial charge in [-0.1, -0.05) is 18.2 Å². The van der Waals surface area contributed by atoms with Crippen molar-refractivity contribution in [2.24, 2.45) is 5.92 Å². The number of carbonyl (C=O) groups excluding carboxylic acids is 1. The van der Waals surface area contributed by atoms with E-state index in [9.17, 15) is 28.7 Å². The molecule has 202 valence electrons. The summed E-state index contributed by atoms with van der Waals surface area (Å²) in [7, 11) is 0. The standard InChI is InChI=1S/C28H28F2N6O3/c1-16-11-20(17(2)32-21-6-4-3-5-19(21)27(38)39)25-22(12-16)33-23(15-31)26(34-25)36-9-7-35(8-10-36)24(37)13-18-14-28(18,29)30/h3-6,11-12,17-18,32H,7-10,13-14H2,1-2H3,(H,38,39)/t17-,18+/m1/s1. The SMILES string of the molecule is Cc1cc([C@@H](C)Nc2ccccc2C(=O)O)c2nc(N3CCN(C(=O)C[C@H]4CC4(F)F)CC3)c(C#N)nc2c1. The highest BCUT2D eigenvalue weighted by molar-refractivity contribution is 5.94. The molecule has 39 heavy (non-hydrogen) atoms. The number of aryl methyl sites for hydroxylation is 1. The van der Waals surface area contributed by atoms with Crippen LogP contribution in [0, 0.1) is 24.2 Å². The predicted octanol–water partition coefficient (Wildman–Crippen LogP) is 4.38. The molecule has 1 saturated carbocycles. The van der Waals surface area contributed by atoms with Crippen LogP contribution in [0.3, 0.4) is 0 Å². The third-order valence-electron chi connectivity index (χ3n) is 7.34. The van der Waals surface area contributed by atoms with E-state index in [2.05, 4.69) is 16.4 Å². The number of carboxylic acid groups (broad SMARTS) is 1. The molecule has 1 aliphatic carbocycles. The summed E-state index contributed by atoms with van der Waals surface area (Å²) < 4.78 is 26.5. The van der Waals surface area contributed by atoms with Crippen molar-refractivity contribution in [2.75, 3.05) is 36.4 Å². The Kier molecular flexibility index (Phi) is 6.80. The van der Waals surface area contributed by atoms with Gasteiger partial charge in [-0.2, -0.15) is 5.26 Å². The molecule has 2 aliphatic rings. The minimum Gasteiger partial charge on any atom is -0.478 e. The van der Waals surface area contributed by atoms with E-state index < -0.39 is 17.8 Å². The largest absolute Gasteiger partial charge is 0.478 e. The predicted molar refractivity (Wildman–Crippen MR) is 141 cm³/mol. The summed E-state index contributed by atoms with van der Waals surface area (Å²) in [5, 5.41) is 22.7. The van der Waals surface area contributed by atoms with Crippen molar-refractivity contribution >= 4 is 34.4 Å².